The molecule has 0 aliphatic carbocycles. The minimum Gasteiger partial charge on any atom is -0.454 e. The van der Waals surface area contributed by atoms with Crippen molar-refractivity contribution in [3.63, 3.8) is 0 Å². The summed E-state index contributed by atoms with van der Waals surface area (Å²) in [5, 5.41) is 3.59. The molecule has 1 fully saturated rings. The van der Waals surface area contributed by atoms with Gasteiger partial charge in [-0.3, -0.25) is 4.79 Å². The van der Waals surface area contributed by atoms with Crippen molar-refractivity contribution in [2.24, 2.45) is 0 Å². The quantitative estimate of drug-likeness (QED) is 0.931. The van der Waals surface area contributed by atoms with Gasteiger partial charge in [-0.25, -0.2) is 0 Å². The van der Waals surface area contributed by atoms with E-state index < -0.39 is 0 Å². The van der Waals surface area contributed by atoms with Gasteiger partial charge in [0.15, 0.2) is 11.5 Å². The van der Waals surface area contributed by atoms with Crippen LogP contribution in [0.25, 0.3) is 0 Å². The highest BCUT2D eigenvalue weighted by molar-refractivity contribution is 5.94. The van der Waals surface area contributed by atoms with Gasteiger partial charge < -0.3 is 19.7 Å². The van der Waals surface area contributed by atoms with Crippen molar-refractivity contribution in [1.29, 1.82) is 0 Å². The zero-order chi connectivity index (χ0) is 17.1. The van der Waals surface area contributed by atoms with Crippen LogP contribution in [-0.2, 0) is 6.54 Å². The second-order valence-corrected chi connectivity index (χ2v) is 6.46. The fourth-order valence-corrected chi connectivity index (χ4v) is 3.43. The molecule has 4 rings (SSSR count). The van der Waals surface area contributed by atoms with Gasteiger partial charge >= 0.3 is 0 Å². The Morgan fingerprint density at radius 3 is 2.64 bits per heavy atom. The topological polar surface area (TPSA) is 50.8 Å². The number of nitrogens with one attached hydrogen (secondary N) is 1. The van der Waals surface area contributed by atoms with E-state index in [0.717, 1.165) is 55.1 Å². The highest BCUT2D eigenvalue weighted by Gasteiger charge is 2.24. The maximum absolute atomic E-state index is 12.5. The summed E-state index contributed by atoms with van der Waals surface area (Å²) in [6, 6.07) is 15.9. The number of para-hydroxylation sites is 1. The Morgan fingerprint density at radius 2 is 1.84 bits per heavy atom. The Kier molecular flexibility index (Phi) is 4.57. The van der Waals surface area contributed by atoms with E-state index in [1.807, 2.05) is 47.4 Å². The SMILES string of the molecule is O=C(c1ccccc1)N1CCC(NCc2cccc3c2OCO3)CC1. The van der Waals surface area contributed by atoms with Crippen LogP contribution in [0.1, 0.15) is 28.8 Å². The molecule has 1 N–H and O–H groups in total. The Bertz CT molecular complexity index is 740. The average Bonchev–Trinajstić information content (AvgIpc) is 3.16. The van der Waals surface area contributed by atoms with Crippen molar-refractivity contribution in [2.75, 3.05) is 19.9 Å². The van der Waals surface area contributed by atoms with Gasteiger partial charge in [-0.1, -0.05) is 30.3 Å². The highest BCUT2D eigenvalue weighted by atomic mass is 16.7. The maximum Gasteiger partial charge on any atom is 0.253 e. The van der Waals surface area contributed by atoms with Gasteiger partial charge in [0.25, 0.3) is 5.91 Å². The minimum atomic E-state index is 0.130. The van der Waals surface area contributed by atoms with E-state index in [4.69, 9.17) is 9.47 Å². The third-order valence-corrected chi connectivity index (χ3v) is 4.86. The van der Waals surface area contributed by atoms with Crippen molar-refractivity contribution in [1.82, 2.24) is 10.2 Å². The van der Waals surface area contributed by atoms with Gasteiger partial charge in [-0.05, 0) is 31.0 Å². The van der Waals surface area contributed by atoms with Crippen LogP contribution >= 0.6 is 0 Å². The van der Waals surface area contributed by atoms with E-state index in [1.165, 1.54) is 0 Å². The van der Waals surface area contributed by atoms with E-state index in [-0.39, 0.29) is 5.91 Å². The normalized spacial score (nSPS) is 16.9. The molecule has 0 aromatic heterocycles. The van der Waals surface area contributed by atoms with Crippen molar-refractivity contribution < 1.29 is 14.3 Å². The zero-order valence-corrected chi connectivity index (χ0v) is 14.1. The lowest BCUT2D eigenvalue weighted by Crippen LogP contribution is -2.44. The van der Waals surface area contributed by atoms with Crippen molar-refractivity contribution in [2.45, 2.75) is 25.4 Å². The molecule has 1 saturated heterocycles. The van der Waals surface area contributed by atoms with Gasteiger partial charge in [-0.2, -0.15) is 0 Å². The van der Waals surface area contributed by atoms with Crippen LogP contribution < -0.4 is 14.8 Å². The number of fused-ring (bicyclic) bond motifs is 1. The molecule has 2 aliphatic rings. The smallest absolute Gasteiger partial charge is 0.253 e. The average molecular weight is 338 g/mol. The minimum absolute atomic E-state index is 0.130. The second kappa shape index (κ2) is 7.15. The number of hydrogen-bond acceptors (Lipinski definition) is 4. The van der Waals surface area contributed by atoms with E-state index >= 15 is 0 Å². The van der Waals surface area contributed by atoms with Crippen molar-refractivity contribution in [3.05, 3.63) is 59.7 Å². The molecule has 0 radical (unpaired) electrons. The first-order valence-electron chi connectivity index (χ1n) is 8.76. The molecular formula is C20H22N2O3. The van der Waals surface area contributed by atoms with Crippen LogP contribution in [0.15, 0.2) is 48.5 Å². The number of carbonyl (C=O) groups is 1. The lowest BCUT2D eigenvalue weighted by molar-refractivity contribution is 0.0704. The fourth-order valence-electron chi connectivity index (χ4n) is 3.43. The first-order valence-corrected chi connectivity index (χ1v) is 8.76. The zero-order valence-electron chi connectivity index (χ0n) is 14.1. The summed E-state index contributed by atoms with van der Waals surface area (Å²) >= 11 is 0. The summed E-state index contributed by atoms with van der Waals surface area (Å²) in [7, 11) is 0. The van der Waals surface area contributed by atoms with Crippen LogP contribution in [0.2, 0.25) is 0 Å². The van der Waals surface area contributed by atoms with Gasteiger partial charge in [0.05, 0.1) is 0 Å². The number of likely N-dealkylation sites (tertiary alicyclic amines) is 1. The molecule has 2 aliphatic heterocycles. The number of benzene rings is 2. The molecule has 0 unspecified atom stereocenters. The van der Waals surface area contributed by atoms with Gasteiger partial charge in [0.2, 0.25) is 6.79 Å². The van der Waals surface area contributed by atoms with Crippen LogP contribution in [-0.4, -0.2) is 36.7 Å². The summed E-state index contributed by atoms with van der Waals surface area (Å²) in [6.45, 7) is 2.63. The second-order valence-electron chi connectivity index (χ2n) is 6.46. The molecule has 2 aromatic rings. The lowest BCUT2D eigenvalue weighted by Gasteiger charge is -2.32. The van der Waals surface area contributed by atoms with Crippen LogP contribution in [0, 0.1) is 0 Å². The summed E-state index contributed by atoms with van der Waals surface area (Å²) < 4.78 is 11.0. The predicted molar refractivity (Wildman–Crippen MR) is 94.8 cm³/mol. The highest BCUT2D eigenvalue weighted by Crippen LogP contribution is 2.35. The third-order valence-electron chi connectivity index (χ3n) is 4.86. The Balaban J connectivity index is 1.30. The van der Waals surface area contributed by atoms with E-state index in [2.05, 4.69) is 11.4 Å². The number of hydrogen-bond donors (Lipinski definition) is 1. The molecule has 0 atom stereocenters. The summed E-state index contributed by atoms with van der Waals surface area (Å²) in [4.78, 5) is 14.4. The summed E-state index contributed by atoms with van der Waals surface area (Å²) in [5.41, 5.74) is 1.89. The molecule has 5 heteroatoms. The molecule has 0 spiro atoms. The summed E-state index contributed by atoms with van der Waals surface area (Å²) in [6.07, 6.45) is 1.93. The number of rotatable bonds is 4. The molecule has 2 heterocycles. The number of ether oxygens (including phenoxy) is 2. The summed E-state index contributed by atoms with van der Waals surface area (Å²) in [5.74, 6) is 1.81. The third kappa shape index (κ3) is 3.46. The van der Waals surface area contributed by atoms with E-state index in [9.17, 15) is 4.79 Å². The Hall–Kier alpha value is -2.53. The van der Waals surface area contributed by atoms with E-state index in [0.29, 0.717) is 12.8 Å². The molecule has 130 valence electrons. The number of nitrogens with zero attached hydrogens (tertiary/aromatic N) is 1. The van der Waals surface area contributed by atoms with Gasteiger partial charge in [0.1, 0.15) is 0 Å². The van der Waals surface area contributed by atoms with Crippen LogP contribution in [0.4, 0.5) is 0 Å². The molecule has 5 nitrogen and oxygen atoms in total. The molecule has 2 aromatic carbocycles. The standard InChI is InChI=1S/C20H22N2O3/c23-20(15-5-2-1-3-6-15)22-11-9-17(10-12-22)21-13-16-7-4-8-18-19(16)25-14-24-18/h1-8,17,21H,9-14H2. The van der Waals surface area contributed by atoms with Crippen molar-refractivity contribution in [3.8, 4) is 11.5 Å². The number of piperidine rings is 1. The number of amides is 1. The number of carbonyl (C=O) groups excluding carboxylic acids is 1. The molecule has 0 bridgehead atoms. The van der Waals surface area contributed by atoms with Crippen LogP contribution in [0.5, 0.6) is 11.5 Å². The lowest BCUT2D eigenvalue weighted by atomic mass is 10.0. The first kappa shape index (κ1) is 16.0. The van der Waals surface area contributed by atoms with Gasteiger partial charge in [0, 0.05) is 36.8 Å². The Morgan fingerprint density at radius 1 is 1.04 bits per heavy atom. The Labute approximate surface area is 147 Å². The van der Waals surface area contributed by atoms with Gasteiger partial charge in [-0.15, -0.1) is 0 Å². The first-order chi connectivity index (χ1) is 12.3. The molecule has 0 saturated carbocycles. The maximum atomic E-state index is 12.5. The monoisotopic (exact) mass is 338 g/mol. The molecule has 25 heavy (non-hydrogen) atoms. The van der Waals surface area contributed by atoms with Crippen LogP contribution in [0.3, 0.4) is 0 Å². The molecular weight excluding hydrogens is 316 g/mol. The molecule has 1 amide bonds. The van der Waals surface area contributed by atoms with E-state index in [1.54, 1.807) is 0 Å². The van der Waals surface area contributed by atoms with Crippen molar-refractivity contribution >= 4 is 5.91 Å². The fraction of sp³-hybridized carbons (Fsp3) is 0.350. The predicted octanol–water partition coefficient (Wildman–Crippen LogP) is 2.81. The largest absolute Gasteiger partial charge is 0.454 e.